The predicted molar refractivity (Wildman–Crippen MR) is 173 cm³/mol. The minimum absolute atomic E-state index is 0.0166. The van der Waals surface area contributed by atoms with Gasteiger partial charge in [-0.15, -0.1) is 0 Å². The van der Waals surface area contributed by atoms with Gasteiger partial charge in [0, 0.05) is 47.6 Å². The van der Waals surface area contributed by atoms with Gasteiger partial charge in [-0.25, -0.2) is 0 Å². The molecule has 0 radical (unpaired) electrons. The third kappa shape index (κ3) is 3.39. The topological polar surface area (TPSA) is 158 Å². The number of esters is 2. The predicted octanol–water partition coefficient (Wildman–Crippen LogP) is 5.54. The number of ether oxygens (including phenoxy) is 5. The molecular weight excluding hydrogens is 714 g/mol. The van der Waals surface area contributed by atoms with E-state index in [0.717, 1.165) is 0 Å². The minimum Gasteiger partial charge on any atom is -0.455 e. The molecular formula is C37H26BrNO11. The van der Waals surface area contributed by atoms with Crippen molar-refractivity contribution in [1.29, 1.82) is 0 Å². The second-order valence-corrected chi connectivity index (χ2v) is 15.1. The van der Waals surface area contributed by atoms with E-state index in [2.05, 4.69) is 21.1 Å². The summed E-state index contributed by atoms with van der Waals surface area (Å²) in [5, 5.41) is 4.50. The molecule has 2 aliphatic heterocycles. The molecule has 9 rings (SSSR count). The van der Waals surface area contributed by atoms with Crippen LogP contribution >= 0.6 is 15.9 Å². The van der Waals surface area contributed by atoms with E-state index in [1.807, 2.05) is 13.8 Å². The third-order valence-electron chi connectivity index (χ3n) is 10.6. The lowest BCUT2D eigenvalue weighted by atomic mass is 9.51. The Morgan fingerprint density at radius 3 is 2.40 bits per heavy atom. The number of halogens is 1. The van der Waals surface area contributed by atoms with Crippen LogP contribution in [0.4, 0.5) is 0 Å². The quantitative estimate of drug-likeness (QED) is 0.0983. The molecule has 12 nitrogen and oxygen atoms in total. The molecule has 3 aromatic carbocycles. The van der Waals surface area contributed by atoms with Crippen LogP contribution in [0.1, 0.15) is 93.7 Å². The zero-order valence-electron chi connectivity index (χ0n) is 27.2. The molecule has 3 aliphatic carbocycles. The fraction of sp³-hybridized carbons (Fsp3) is 0.297. The fourth-order valence-electron chi connectivity index (χ4n) is 9.32. The number of hydrogen-bond donors (Lipinski definition) is 0. The molecule has 1 spiro atoms. The summed E-state index contributed by atoms with van der Waals surface area (Å²) < 4.78 is 35.9. The van der Waals surface area contributed by atoms with Gasteiger partial charge in [0.2, 0.25) is 5.78 Å². The molecule has 1 fully saturated rings. The van der Waals surface area contributed by atoms with Crippen molar-refractivity contribution < 1.29 is 52.2 Å². The van der Waals surface area contributed by atoms with Crippen molar-refractivity contribution in [3.63, 3.8) is 0 Å². The summed E-state index contributed by atoms with van der Waals surface area (Å²) in [6.07, 6.45) is -1.57. The van der Waals surface area contributed by atoms with Gasteiger partial charge in [-0.05, 0) is 50.6 Å². The van der Waals surface area contributed by atoms with Crippen molar-refractivity contribution in [2.24, 2.45) is 5.92 Å². The molecule has 5 aliphatic rings. The lowest BCUT2D eigenvalue weighted by Gasteiger charge is -2.52. The molecule has 1 saturated heterocycles. The summed E-state index contributed by atoms with van der Waals surface area (Å²) in [5.74, 6) is -4.10. The number of ketones is 2. The minimum atomic E-state index is -1.72. The summed E-state index contributed by atoms with van der Waals surface area (Å²) >= 11 is 3.92. The lowest BCUT2D eigenvalue weighted by Crippen LogP contribution is -2.60. The van der Waals surface area contributed by atoms with Gasteiger partial charge in [0.15, 0.2) is 17.6 Å². The van der Waals surface area contributed by atoms with Crippen molar-refractivity contribution in [3.8, 4) is 28.5 Å². The number of aryl methyl sites for hydroxylation is 1. The first-order chi connectivity index (χ1) is 23.8. The van der Waals surface area contributed by atoms with Crippen LogP contribution in [-0.2, 0) is 35.1 Å². The third-order valence-corrected chi connectivity index (χ3v) is 11.5. The zero-order valence-corrected chi connectivity index (χ0v) is 28.8. The van der Waals surface area contributed by atoms with E-state index < -0.39 is 57.2 Å². The van der Waals surface area contributed by atoms with E-state index in [4.69, 9.17) is 28.2 Å². The van der Waals surface area contributed by atoms with Crippen LogP contribution in [0.25, 0.3) is 11.3 Å². The van der Waals surface area contributed by atoms with Crippen molar-refractivity contribution in [3.05, 3.63) is 92.7 Å². The SMILES string of the molecule is CC(=O)Oc1cc(C)cc2c1C(=O)c1c(ccc3c1O[C@]14O[C@H](C)[C@H]5[C@](C)(Br)[C@@H](OC=O)c6onc(c6[C@]351)-c1c(OC(C)=O)cccc14)C2=O. The van der Waals surface area contributed by atoms with Gasteiger partial charge in [-0.1, -0.05) is 39.3 Å². The highest BCUT2D eigenvalue weighted by Gasteiger charge is 2.82. The van der Waals surface area contributed by atoms with Crippen molar-refractivity contribution in [1.82, 2.24) is 5.16 Å². The molecule has 0 N–H and O–H groups in total. The van der Waals surface area contributed by atoms with Gasteiger partial charge in [0.05, 0.1) is 27.1 Å². The maximum absolute atomic E-state index is 14.7. The number of carbonyl (C=O) groups excluding carboxylic acids is 5. The van der Waals surface area contributed by atoms with Crippen molar-refractivity contribution in [2.75, 3.05) is 0 Å². The largest absolute Gasteiger partial charge is 0.455 e. The monoisotopic (exact) mass is 739 g/mol. The van der Waals surface area contributed by atoms with E-state index in [-0.39, 0.29) is 45.3 Å². The molecule has 0 saturated carbocycles. The molecule has 0 bridgehead atoms. The molecule has 4 aromatic rings. The first kappa shape index (κ1) is 30.9. The highest BCUT2D eigenvalue weighted by molar-refractivity contribution is 9.10. The Labute approximate surface area is 292 Å². The van der Waals surface area contributed by atoms with Crippen molar-refractivity contribution >= 4 is 45.9 Å². The number of fused-ring (bicyclic) bond motifs is 6. The Kier molecular flexibility index (Phi) is 6.03. The lowest BCUT2D eigenvalue weighted by molar-refractivity contribution is -0.187. The number of nitrogens with zero attached hydrogens (tertiary/aromatic N) is 1. The second-order valence-electron chi connectivity index (χ2n) is 13.4. The number of benzene rings is 3. The Balaban J connectivity index is 1.40. The van der Waals surface area contributed by atoms with Gasteiger partial charge < -0.3 is 28.2 Å². The van der Waals surface area contributed by atoms with Crippen LogP contribution < -0.4 is 14.2 Å². The van der Waals surface area contributed by atoms with Gasteiger partial charge in [0.25, 0.3) is 12.3 Å². The summed E-state index contributed by atoms with van der Waals surface area (Å²) in [6, 6.07) is 11.6. The van der Waals surface area contributed by atoms with Crippen LogP contribution in [0.3, 0.4) is 0 Å². The van der Waals surface area contributed by atoms with Gasteiger partial charge >= 0.3 is 11.9 Å². The van der Waals surface area contributed by atoms with Crippen LogP contribution in [0.5, 0.6) is 17.2 Å². The number of rotatable bonds is 4. The number of aromatic nitrogens is 1. The van der Waals surface area contributed by atoms with E-state index in [1.54, 1.807) is 43.3 Å². The van der Waals surface area contributed by atoms with Gasteiger partial charge in [-0.3, -0.25) is 24.0 Å². The highest BCUT2D eigenvalue weighted by Crippen LogP contribution is 2.78. The smallest absolute Gasteiger partial charge is 0.308 e. The molecule has 3 heterocycles. The fourth-order valence-corrected chi connectivity index (χ4v) is 10.4. The first-order valence-electron chi connectivity index (χ1n) is 15.9. The van der Waals surface area contributed by atoms with Crippen molar-refractivity contribution in [2.45, 2.75) is 62.4 Å². The Morgan fingerprint density at radius 2 is 1.68 bits per heavy atom. The average Bonchev–Trinajstić information content (AvgIpc) is 3.67. The highest BCUT2D eigenvalue weighted by atomic mass is 79.9. The first-order valence-corrected chi connectivity index (χ1v) is 16.7. The Morgan fingerprint density at radius 1 is 0.940 bits per heavy atom. The standard InChI is InChI=1S/C37H26BrNO11/c1-14-11-19-24(23(12-14)47-17(4)42)30(44)25-18(29(19)43)9-10-21-31(25)49-37-20-7-6-8-22(46-16(3)41)26(20)28-27-32(50-39-28)34(45-13-40)35(5,38)33(15(2)48-37)36(21,27)37/h6-13,15,33-34H,1-5H3/t15-,33+,34+,35+,36-,37+/m1/s1. The summed E-state index contributed by atoms with van der Waals surface area (Å²) in [7, 11) is 0. The molecule has 6 atom stereocenters. The van der Waals surface area contributed by atoms with Gasteiger partial charge in [-0.2, -0.15) is 0 Å². The average molecular weight is 741 g/mol. The van der Waals surface area contributed by atoms with Crippen LogP contribution in [0.15, 0.2) is 47.0 Å². The van der Waals surface area contributed by atoms with E-state index in [0.29, 0.717) is 40.0 Å². The van der Waals surface area contributed by atoms with Crippen LogP contribution in [0, 0.1) is 12.8 Å². The summed E-state index contributed by atoms with van der Waals surface area (Å²) in [4.78, 5) is 65.3. The maximum atomic E-state index is 14.7. The van der Waals surface area contributed by atoms with E-state index in [1.165, 1.54) is 19.9 Å². The molecule has 50 heavy (non-hydrogen) atoms. The molecule has 1 aromatic heterocycles. The Hall–Kier alpha value is -5.14. The maximum Gasteiger partial charge on any atom is 0.308 e. The molecule has 0 amide bonds. The zero-order chi connectivity index (χ0) is 35.2. The Bertz CT molecular complexity index is 2320. The molecule has 0 unspecified atom stereocenters. The molecule has 13 heteroatoms. The number of hydrogen-bond acceptors (Lipinski definition) is 12. The number of alkyl halides is 1. The normalized spacial score (nSPS) is 28.6. The number of carbonyl (C=O) groups is 5. The van der Waals surface area contributed by atoms with Gasteiger partial charge in [0.1, 0.15) is 28.4 Å². The van der Waals surface area contributed by atoms with Crippen LogP contribution in [0.2, 0.25) is 0 Å². The summed E-state index contributed by atoms with van der Waals surface area (Å²) in [5.41, 5.74) is 1.60. The van der Waals surface area contributed by atoms with Crippen LogP contribution in [-0.4, -0.2) is 45.6 Å². The van der Waals surface area contributed by atoms with E-state index in [9.17, 15) is 24.0 Å². The van der Waals surface area contributed by atoms with E-state index >= 15 is 0 Å². The summed E-state index contributed by atoms with van der Waals surface area (Å²) in [6.45, 7) is 8.31. The second kappa shape index (κ2) is 9.76. The molecule has 252 valence electrons.